The fourth-order valence-electron chi connectivity index (χ4n) is 3.66. The van der Waals surface area contributed by atoms with E-state index in [1.54, 1.807) is 43.3 Å². The fraction of sp³-hybridized carbons (Fsp3) is 0.273. The smallest absolute Gasteiger partial charge is 0.338 e. The first-order valence-corrected chi connectivity index (χ1v) is 10.1. The van der Waals surface area contributed by atoms with E-state index in [0.717, 1.165) is 10.5 Å². The highest BCUT2D eigenvalue weighted by Crippen LogP contribution is 2.33. The van der Waals surface area contributed by atoms with Gasteiger partial charge in [-0.2, -0.15) is 5.11 Å². The lowest BCUT2D eigenvalue weighted by molar-refractivity contribution is -0.123. The highest BCUT2D eigenvalue weighted by Gasteiger charge is 2.55. The van der Waals surface area contributed by atoms with E-state index in [1.165, 1.54) is 5.01 Å². The summed E-state index contributed by atoms with van der Waals surface area (Å²) in [5.74, 6) is -1.82. The van der Waals surface area contributed by atoms with Gasteiger partial charge in [0, 0.05) is 5.69 Å². The average Bonchev–Trinajstić information content (AvgIpc) is 3.29. The maximum absolute atomic E-state index is 13.0. The van der Waals surface area contributed by atoms with E-state index in [4.69, 9.17) is 4.74 Å². The number of para-hydroxylation sites is 1. The molecule has 10 nitrogen and oxygen atoms in total. The van der Waals surface area contributed by atoms with Gasteiger partial charge in [0.15, 0.2) is 12.1 Å². The number of carbonyl (C=O) groups is 4. The molecule has 1 fully saturated rings. The lowest BCUT2D eigenvalue weighted by atomic mass is 10.1. The summed E-state index contributed by atoms with van der Waals surface area (Å²) in [5.41, 5.74) is 2.11. The van der Waals surface area contributed by atoms with Gasteiger partial charge < -0.3 is 10.1 Å². The summed E-state index contributed by atoms with van der Waals surface area (Å²) < 4.78 is 4.93. The van der Waals surface area contributed by atoms with Crippen LogP contribution in [0.5, 0.6) is 0 Å². The number of nitrogens with zero attached hydrogens (tertiary/aromatic N) is 4. The maximum Gasteiger partial charge on any atom is 0.338 e. The summed E-state index contributed by atoms with van der Waals surface area (Å²) in [7, 11) is 0. The highest BCUT2D eigenvalue weighted by molar-refractivity contribution is 6.25. The molecule has 164 valence electrons. The van der Waals surface area contributed by atoms with Crippen LogP contribution in [0.4, 0.5) is 11.4 Å². The Morgan fingerprint density at radius 1 is 1.06 bits per heavy atom. The maximum atomic E-state index is 13.0. The quantitative estimate of drug-likeness (QED) is 0.548. The number of carbonyl (C=O) groups excluding carboxylic acids is 4. The number of hydrogen-bond donors (Lipinski definition) is 1. The second-order valence-electron chi connectivity index (χ2n) is 7.34. The fourth-order valence-corrected chi connectivity index (χ4v) is 3.66. The molecule has 32 heavy (non-hydrogen) atoms. The summed E-state index contributed by atoms with van der Waals surface area (Å²) in [6.45, 7) is 3.54. The number of amides is 3. The van der Waals surface area contributed by atoms with Crippen molar-refractivity contribution in [2.75, 3.05) is 23.4 Å². The van der Waals surface area contributed by atoms with Gasteiger partial charge in [-0.05, 0) is 49.7 Å². The Morgan fingerprint density at radius 2 is 1.78 bits per heavy atom. The summed E-state index contributed by atoms with van der Waals surface area (Å²) in [5, 5.41) is 11.7. The molecule has 2 aromatic carbocycles. The molecule has 1 N–H and O–H groups in total. The number of ether oxygens (including phenoxy) is 1. The predicted octanol–water partition coefficient (Wildman–Crippen LogP) is 2.10. The molecule has 0 unspecified atom stereocenters. The van der Waals surface area contributed by atoms with Crippen LogP contribution in [0, 0.1) is 6.92 Å². The van der Waals surface area contributed by atoms with Crippen molar-refractivity contribution in [1.82, 2.24) is 5.01 Å². The van der Waals surface area contributed by atoms with Crippen molar-refractivity contribution in [2.24, 2.45) is 10.3 Å². The summed E-state index contributed by atoms with van der Waals surface area (Å²) in [4.78, 5) is 51.2. The standard InChI is InChI=1S/C22H21N5O5/c1-3-32-22(31)14-8-10-15(11-9-14)23-17(28)12-26-19-18(24-25-26)20(29)27(21(19)30)16-7-5-4-6-13(16)2/h4-11,18-19H,3,12H2,1-2H3,(H,23,28)/t18-,19-/m1/s1. The topological polar surface area (TPSA) is 121 Å². The highest BCUT2D eigenvalue weighted by atomic mass is 16.5. The van der Waals surface area contributed by atoms with Gasteiger partial charge in [-0.15, -0.1) is 0 Å². The molecule has 0 bridgehead atoms. The number of benzene rings is 2. The largest absolute Gasteiger partial charge is 0.462 e. The van der Waals surface area contributed by atoms with Gasteiger partial charge in [-0.25, -0.2) is 9.69 Å². The normalized spacial score (nSPS) is 19.3. The Labute approximate surface area is 183 Å². The van der Waals surface area contributed by atoms with Crippen molar-refractivity contribution in [3.05, 3.63) is 59.7 Å². The van der Waals surface area contributed by atoms with Crippen molar-refractivity contribution in [3.8, 4) is 0 Å². The Morgan fingerprint density at radius 3 is 2.47 bits per heavy atom. The van der Waals surface area contributed by atoms with Gasteiger partial charge in [0.1, 0.15) is 6.54 Å². The Hall–Kier alpha value is -4.08. The minimum atomic E-state index is -0.973. The zero-order chi connectivity index (χ0) is 22.8. The summed E-state index contributed by atoms with van der Waals surface area (Å²) >= 11 is 0. The third-order valence-electron chi connectivity index (χ3n) is 5.20. The van der Waals surface area contributed by atoms with Crippen LogP contribution in [-0.4, -0.2) is 53.9 Å². The number of esters is 1. The first-order valence-electron chi connectivity index (χ1n) is 10.1. The molecule has 2 heterocycles. The van der Waals surface area contributed by atoms with E-state index in [-0.39, 0.29) is 13.2 Å². The monoisotopic (exact) mass is 435 g/mol. The van der Waals surface area contributed by atoms with Crippen LogP contribution in [0.1, 0.15) is 22.8 Å². The number of fused-ring (bicyclic) bond motifs is 1. The molecular weight excluding hydrogens is 414 g/mol. The molecular formula is C22H21N5O5. The molecule has 2 atom stereocenters. The summed E-state index contributed by atoms with van der Waals surface area (Å²) in [6.07, 6.45) is 0. The average molecular weight is 435 g/mol. The van der Waals surface area contributed by atoms with Crippen LogP contribution in [0.3, 0.4) is 0 Å². The molecule has 0 spiro atoms. The van der Waals surface area contributed by atoms with E-state index >= 15 is 0 Å². The van der Waals surface area contributed by atoms with E-state index in [9.17, 15) is 19.2 Å². The van der Waals surface area contributed by atoms with Crippen LogP contribution in [0.2, 0.25) is 0 Å². The van der Waals surface area contributed by atoms with E-state index < -0.39 is 35.8 Å². The Balaban J connectivity index is 1.42. The third kappa shape index (κ3) is 3.82. The van der Waals surface area contributed by atoms with Crippen molar-refractivity contribution < 1.29 is 23.9 Å². The van der Waals surface area contributed by atoms with Gasteiger partial charge in [-0.1, -0.05) is 23.4 Å². The molecule has 4 rings (SSSR count). The SMILES string of the molecule is CCOC(=O)c1ccc(NC(=O)CN2N=N[C@H]3C(=O)N(c4ccccc4C)C(=O)[C@@H]32)cc1. The van der Waals surface area contributed by atoms with Crippen molar-refractivity contribution in [3.63, 3.8) is 0 Å². The molecule has 2 aromatic rings. The zero-order valence-electron chi connectivity index (χ0n) is 17.5. The van der Waals surface area contributed by atoms with Crippen molar-refractivity contribution in [2.45, 2.75) is 25.9 Å². The van der Waals surface area contributed by atoms with Crippen molar-refractivity contribution >= 4 is 35.1 Å². The second-order valence-corrected chi connectivity index (χ2v) is 7.34. The predicted molar refractivity (Wildman–Crippen MR) is 114 cm³/mol. The summed E-state index contributed by atoms with van der Waals surface area (Å²) in [6, 6.07) is 11.4. The van der Waals surface area contributed by atoms with Gasteiger partial charge in [0.25, 0.3) is 11.8 Å². The Bertz CT molecular complexity index is 1110. The van der Waals surface area contributed by atoms with Gasteiger partial charge in [-0.3, -0.25) is 19.4 Å². The molecule has 0 aliphatic carbocycles. The van der Waals surface area contributed by atoms with Crippen LogP contribution >= 0.6 is 0 Å². The van der Waals surface area contributed by atoms with Gasteiger partial charge >= 0.3 is 5.97 Å². The van der Waals surface area contributed by atoms with Crippen LogP contribution in [0.15, 0.2) is 58.9 Å². The first-order chi connectivity index (χ1) is 15.4. The molecule has 2 aliphatic heterocycles. The van der Waals surface area contributed by atoms with E-state index in [1.807, 2.05) is 19.1 Å². The van der Waals surface area contributed by atoms with Crippen LogP contribution in [-0.2, 0) is 19.1 Å². The molecule has 0 radical (unpaired) electrons. The van der Waals surface area contributed by atoms with Crippen LogP contribution < -0.4 is 10.2 Å². The molecule has 0 saturated carbocycles. The molecule has 1 saturated heterocycles. The molecule has 2 aliphatic rings. The van der Waals surface area contributed by atoms with Gasteiger partial charge in [0.2, 0.25) is 5.91 Å². The van der Waals surface area contributed by atoms with E-state index in [2.05, 4.69) is 15.7 Å². The lowest BCUT2D eigenvalue weighted by Crippen LogP contribution is -2.43. The minimum absolute atomic E-state index is 0.259. The zero-order valence-corrected chi connectivity index (χ0v) is 17.5. The Kier molecular flexibility index (Phi) is 5.67. The lowest BCUT2D eigenvalue weighted by Gasteiger charge is -2.21. The second kappa shape index (κ2) is 8.58. The van der Waals surface area contributed by atoms with E-state index in [0.29, 0.717) is 16.9 Å². The van der Waals surface area contributed by atoms with Crippen molar-refractivity contribution in [1.29, 1.82) is 0 Å². The number of rotatable bonds is 6. The molecule has 0 aromatic heterocycles. The molecule has 10 heteroatoms. The number of anilines is 2. The number of imide groups is 1. The number of hydrogen-bond acceptors (Lipinski definition) is 8. The van der Waals surface area contributed by atoms with Gasteiger partial charge in [0.05, 0.1) is 17.9 Å². The number of aryl methyl sites for hydroxylation is 1. The minimum Gasteiger partial charge on any atom is -0.462 e. The third-order valence-corrected chi connectivity index (χ3v) is 5.20. The first kappa shape index (κ1) is 21.2. The van der Waals surface area contributed by atoms with Crippen LogP contribution in [0.25, 0.3) is 0 Å². The molecule has 3 amide bonds. The number of nitrogens with one attached hydrogen (secondary N) is 1.